The summed E-state index contributed by atoms with van der Waals surface area (Å²) in [6, 6.07) is 15.7. The van der Waals surface area contributed by atoms with Crippen LogP contribution >= 0.6 is 0 Å². The number of imidazole rings is 1. The van der Waals surface area contributed by atoms with E-state index in [9.17, 15) is 14.9 Å². The average Bonchev–Trinajstić information content (AvgIpc) is 3.24. The van der Waals surface area contributed by atoms with Crippen LogP contribution in [0.5, 0.6) is 0 Å². The molecule has 2 aromatic carbocycles. The first-order valence-electron chi connectivity index (χ1n) is 8.90. The van der Waals surface area contributed by atoms with Crippen molar-refractivity contribution in [3.05, 3.63) is 93.7 Å². The zero-order valence-corrected chi connectivity index (χ0v) is 15.0. The number of fused-ring (bicyclic) bond motifs is 1. The van der Waals surface area contributed by atoms with Gasteiger partial charge in [-0.25, -0.2) is 14.3 Å². The van der Waals surface area contributed by atoms with Crippen LogP contribution in [-0.4, -0.2) is 18.7 Å². The first-order valence-corrected chi connectivity index (χ1v) is 8.90. The van der Waals surface area contributed by atoms with E-state index < -0.39 is 11.2 Å². The SMILES string of the molecule is N#Cc1ccccc1-n1c(=O)c2ccccc2n(CCCn2ccnc2)c1=O. The van der Waals surface area contributed by atoms with Crippen molar-refractivity contribution < 1.29 is 0 Å². The molecule has 0 bridgehead atoms. The molecule has 0 amide bonds. The smallest absolute Gasteiger partial charge is 0.336 e. The molecule has 7 nitrogen and oxygen atoms in total. The van der Waals surface area contributed by atoms with E-state index in [0.717, 1.165) is 4.57 Å². The fourth-order valence-corrected chi connectivity index (χ4v) is 3.34. The van der Waals surface area contributed by atoms with Crippen LogP contribution in [0.4, 0.5) is 0 Å². The fourth-order valence-electron chi connectivity index (χ4n) is 3.34. The van der Waals surface area contributed by atoms with E-state index in [2.05, 4.69) is 11.1 Å². The molecule has 4 rings (SSSR count). The van der Waals surface area contributed by atoms with Crippen molar-refractivity contribution in [2.24, 2.45) is 0 Å². The van der Waals surface area contributed by atoms with E-state index in [1.165, 1.54) is 0 Å². The summed E-state index contributed by atoms with van der Waals surface area (Å²) >= 11 is 0. The van der Waals surface area contributed by atoms with E-state index in [1.807, 2.05) is 10.8 Å². The molecule has 0 saturated heterocycles. The maximum Gasteiger partial charge on any atom is 0.336 e. The van der Waals surface area contributed by atoms with E-state index in [1.54, 1.807) is 65.6 Å². The third-order valence-corrected chi connectivity index (χ3v) is 4.67. The van der Waals surface area contributed by atoms with Gasteiger partial charge in [0.2, 0.25) is 0 Å². The summed E-state index contributed by atoms with van der Waals surface area (Å²) in [5.74, 6) is 0. The highest BCUT2D eigenvalue weighted by Gasteiger charge is 2.16. The number of benzene rings is 2. The Labute approximate surface area is 160 Å². The van der Waals surface area contributed by atoms with Gasteiger partial charge < -0.3 is 4.57 Å². The van der Waals surface area contributed by atoms with Gasteiger partial charge in [-0.1, -0.05) is 24.3 Å². The van der Waals surface area contributed by atoms with E-state index in [-0.39, 0.29) is 5.56 Å². The summed E-state index contributed by atoms with van der Waals surface area (Å²) in [6.45, 7) is 1.14. The van der Waals surface area contributed by atoms with Gasteiger partial charge in [-0.05, 0) is 30.7 Å². The molecule has 0 atom stereocenters. The number of aryl methyl sites for hydroxylation is 2. The number of aromatic nitrogens is 4. The molecule has 4 aromatic rings. The van der Waals surface area contributed by atoms with Crippen molar-refractivity contribution in [1.82, 2.24) is 18.7 Å². The molecule has 0 N–H and O–H groups in total. The van der Waals surface area contributed by atoms with Gasteiger partial charge in [-0.3, -0.25) is 9.36 Å². The van der Waals surface area contributed by atoms with Crippen molar-refractivity contribution >= 4 is 10.9 Å². The Bertz CT molecular complexity index is 1290. The molecule has 0 radical (unpaired) electrons. The molecule has 0 unspecified atom stereocenters. The Kier molecular flexibility index (Phi) is 4.60. The van der Waals surface area contributed by atoms with Gasteiger partial charge >= 0.3 is 5.69 Å². The highest BCUT2D eigenvalue weighted by Crippen LogP contribution is 2.13. The second-order valence-electron chi connectivity index (χ2n) is 6.37. The third kappa shape index (κ3) is 3.01. The highest BCUT2D eigenvalue weighted by atomic mass is 16.2. The number of para-hydroxylation sites is 2. The fraction of sp³-hybridized carbons (Fsp3) is 0.143. The summed E-state index contributed by atoms with van der Waals surface area (Å²) in [6.07, 6.45) is 5.99. The Morgan fingerprint density at radius 3 is 2.57 bits per heavy atom. The maximum atomic E-state index is 13.3. The molecule has 0 saturated carbocycles. The number of hydrogen-bond donors (Lipinski definition) is 0. The van der Waals surface area contributed by atoms with E-state index in [4.69, 9.17) is 0 Å². The molecule has 7 heteroatoms. The third-order valence-electron chi connectivity index (χ3n) is 4.67. The number of nitriles is 1. The Morgan fingerprint density at radius 2 is 1.79 bits per heavy atom. The standard InChI is InChI=1S/C21H17N5O2/c22-14-16-6-1-3-8-18(16)26-20(27)17-7-2-4-9-19(17)25(21(26)28)12-5-11-24-13-10-23-15-24/h1-4,6-10,13,15H,5,11-12H2. The molecule has 2 aromatic heterocycles. The summed E-state index contributed by atoms with van der Waals surface area (Å²) < 4.78 is 4.63. The molecule has 0 spiro atoms. The first-order chi connectivity index (χ1) is 13.7. The van der Waals surface area contributed by atoms with Crippen LogP contribution in [0.15, 0.2) is 76.8 Å². The quantitative estimate of drug-likeness (QED) is 0.539. The molecule has 28 heavy (non-hydrogen) atoms. The van der Waals surface area contributed by atoms with Crippen molar-refractivity contribution in [1.29, 1.82) is 5.26 Å². The zero-order valence-electron chi connectivity index (χ0n) is 15.0. The lowest BCUT2D eigenvalue weighted by Crippen LogP contribution is -2.39. The van der Waals surface area contributed by atoms with Crippen LogP contribution in [0.1, 0.15) is 12.0 Å². The first kappa shape index (κ1) is 17.5. The van der Waals surface area contributed by atoms with Gasteiger partial charge in [0.05, 0.1) is 28.5 Å². The lowest BCUT2D eigenvalue weighted by atomic mass is 10.2. The Morgan fingerprint density at radius 1 is 1.00 bits per heavy atom. The maximum absolute atomic E-state index is 13.3. The van der Waals surface area contributed by atoms with Crippen molar-refractivity contribution in [2.75, 3.05) is 0 Å². The minimum Gasteiger partial charge on any atom is -0.337 e. The molecule has 2 heterocycles. The van der Waals surface area contributed by atoms with E-state index in [0.29, 0.717) is 36.1 Å². The predicted molar refractivity (Wildman–Crippen MR) is 105 cm³/mol. The average molecular weight is 371 g/mol. The van der Waals surface area contributed by atoms with Crippen molar-refractivity contribution in [3.63, 3.8) is 0 Å². The molecule has 0 aliphatic heterocycles. The van der Waals surface area contributed by atoms with Crippen LogP contribution in [-0.2, 0) is 13.1 Å². The number of rotatable bonds is 5. The van der Waals surface area contributed by atoms with Crippen LogP contribution < -0.4 is 11.2 Å². The highest BCUT2D eigenvalue weighted by molar-refractivity contribution is 5.78. The van der Waals surface area contributed by atoms with Gasteiger partial charge in [-0.15, -0.1) is 0 Å². The van der Waals surface area contributed by atoms with Crippen LogP contribution in [0.25, 0.3) is 16.6 Å². The van der Waals surface area contributed by atoms with Crippen LogP contribution in [0.3, 0.4) is 0 Å². The van der Waals surface area contributed by atoms with Crippen molar-refractivity contribution in [3.8, 4) is 11.8 Å². The van der Waals surface area contributed by atoms with Crippen LogP contribution in [0.2, 0.25) is 0 Å². The molecular weight excluding hydrogens is 354 g/mol. The van der Waals surface area contributed by atoms with Gasteiger partial charge in [0, 0.05) is 25.5 Å². The van der Waals surface area contributed by atoms with Gasteiger partial charge in [0.15, 0.2) is 0 Å². The molecule has 138 valence electrons. The molecule has 0 aliphatic rings. The zero-order chi connectivity index (χ0) is 19.5. The monoisotopic (exact) mass is 371 g/mol. The lowest BCUT2D eigenvalue weighted by Gasteiger charge is -2.15. The summed E-state index contributed by atoms with van der Waals surface area (Å²) in [4.78, 5) is 30.3. The Balaban J connectivity index is 1.88. The van der Waals surface area contributed by atoms with Crippen molar-refractivity contribution in [2.45, 2.75) is 19.5 Å². The number of nitrogens with zero attached hydrogens (tertiary/aromatic N) is 5. The lowest BCUT2D eigenvalue weighted by molar-refractivity contribution is 0.549. The second-order valence-corrected chi connectivity index (χ2v) is 6.37. The summed E-state index contributed by atoms with van der Waals surface area (Å²) in [5.41, 5.74) is 0.302. The van der Waals surface area contributed by atoms with Crippen LogP contribution in [0, 0.1) is 11.3 Å². The van der Waals surface area contributed by atoms with Gasteiger partial charge in [0.1, 0.15) is 6.07 Å². The normalized spacial score (nSPS) is 10.8. The minimum absolute atomic E-state index is 0.280. The van der Waals surface area contributed by atoms with E-state index >= 15 is 0 Å². The molecule has 0 fully saturated rings. The topological polar surface area (TPSA) is 85.6 Å². The molecule has 0 aliphatic carbocycles. The summed E-state index contributed by atoms with van der Waals surface area (Å²) in [7, 11) is 0. The predicted octanol–water partition coefficient (Wildman–Crippen LogP) is 2.31. The molecular formula is C21H17N5O2. The van der Waals surface area contributed by atoms with Gasteiger partial charge in [-0.2, -0.15) is 5.26 Å². The summed E-state index contributed by atoms with van der Waals surface area (Å²) in [5, 5.41) is 9.85. The second kappa shape index (κ2) is 7.37. The van der Waals surface area contributed by atoms with Gasteiger partial charge in [0.25, 0.3) is 5.56 Å². The largest absolute Gasteiger partial charge is 0.337 e. The minimum atomic E-state index is -0.447. The number of hydrogen-bond acceptors (Lipinski definition) is 4. The Hall–Kier alpha value is -3.92.